The summed E-state index contributed by atoms with van der Waals surface area (Å²) >= 11 is 6.05. The molecule has 1 atom stereocenters. The van der Waals surface area contributed by atoms with E-state index in [4.69, 9.17) is 11.6 Å². The first kappa shape index (κ1) is 14.9. The van der Waals surface area contributed by atoms with Crippen molar-refractivity contribution in [3.8, 4) is 5.69 Å². The Kier molecular flexibility index (Phi) is 3.58. The third-order valence-electron chi connectivity index (χ3n) is 4.12. The Hall–Kier alpha value is -2.66. The van der Waals surface area contributed by atoms with Crippen molar-refractivity contribution in [2.45, 2.75) is 12.3 Å². The van der Waals surface area contributed by atoms with Gasteiger partial charge in [0.15, 0.2) is 0 Å². The Bertz CT molecular complexity index is 938. The van der Waals surface area contributed by atoms with Gasteiger partial charge in [-0.25, -0.2) is 9.07 Å². The quantitative estimate of drug-likeness (QED) is 0.761. The Morgan fingerprint density at radius 2 is 2.04 bits per heavy atom. The maximum atomic E-state index is 13.6. The first-order valence-corrected chi connectivity index (χ1v) is 7.89. The minimum Gasteiger partial charge on any atom is -0.310 e. The molecule has 0 spiro atoms. The van der Waals surface area contributed by atoms with Crippen LogP contribution in [0.5, 0.6) is 0 Å². The minimum atomic E-state index is -0.317. The number of carbonyl (C=O) groups excluding carboxylic acids is 1. The second-order valence-electron chi connectivity index (χ2n) is 5.70. The molecule has 2 heterocycles. The summed E-state index contributed by atoms with van der Waals surface area (Å²) in [5, 5.41) is 7.84. The van der Waals surface area contributed by atoms with Crippen LogP contribution in [0.4, 0.5) is 10.2 Å². The van der Waals surface area contributed by atoms with Crippen molar-refractivity contribution in [3.05, 3.63) is 76.7 Å². The molecule has 0 bridgehead atoms. The summed E-state index contributed by atoms with van der Waals surface area (Å²) in [6.45, 7) is 0. The maximum absolute atomic E-state index is 13.6. The zero-order valence-electron chi connectivity index (χ0n) is 12.5. The molecule has 0 saturated heterocycles. The predicted molar refractivity (Wildman–Crippen MR) is 90.1 cm³/mol. The molecule has 1 amide bonds. The van der Waals surface area contributed by atoms with Gasteiger partial charge < -0.3 is 5.32 Å². The van der Waals surface area contributed by atoms with Crippen LogP contribution in [0.15, 0.2) is 54.7 Å². The number of rotatable bonds is 2. The second-order valence-corrected chi connectivity index (χ2v) is 6.14. The lowest BCUT2D eigenvalue weighted by molar-refractivity contribution is -0.116. The third-order valence-corrected chi connectivity index (χ3v) is 4.36. The summed E-state index contributed by atoms with van der Waals surface area (Å²) in [5.41, 5.74) is 2.38. The Morgan fingerprint density at radius 3 is 2.83 bits per heavy atom. The van der Waals surface area contributed by atoms with Gasteiger partial charge in [-0.2, -0.15) is 5.10 Å². The monoisotopic (exact) mass is 341 g/mol. The van der Waals surface area contributed by atoms with Crippen LogP contribution in [-0.2, 0) is 4.79 Å². The number of fused-ring (bicyclic) bond motifs is 1. The van der Waals surface area contributed by atoms with Crippen molar-refractivity contribution in [3.63, 3.8) is 0 Å². The van der Waals surface area contributed by atoms with Crippen LogP contribution in [0.3, 0.4) is 0 Å². The lowest BCUT2D eigenvalue weighted by atomic mass is 9.87. The number of nitrogens with zero attached hydrogens (tertiary/aromatic N) is 2. The van der Waals surface area contributed by atoms with E-state index in [2.05, 4.69) is 10.4 Å². The van der Waals surface area contributed by atoms with Gasteiger partial charge in [0.2, 0.25) is 5.91 Å². The molecule has 0 unspecified atom stereocenters. The molecular weight excluding hydrogens is 329 g/mol. The second kappa shape index (κ2) is 5.76. The molecule has 4 rings (SSSR count). The molecule has 24 heavy (non-hydrogen) atoms. The van der Waals surface area contributed by atoms with Crippen LogP contribution in [0.25, 0.3) is 5.69 Å². The van der Waals surface area contributed by atoms with E-state index < -0.39 is 0 Å². The highest BCUT2D eigenvalue weighted by Gasteiger charge is 2.30. The molecule has 2 aromatic carbocycles. The molecule has 1 aromatic heterocycles. The van der Waals surface area contributed by atoms with Gasteiger partial charge in [-0.15, -0.1) is 0 Å². The molecule has 120 valence electrons. The van der Waals surface area contributed by atoms with Crippen molar-refractivity contribution in [2.24, 2.45) is 0 Å². The number of aromatic nitrogens is 2. The number of nitrogens with one attached hydrogen (secondary N) is 1. The van der Waals surface area contributed by atoms with Gasteiger partial charge in [-0.05, 0) is 35.9 Å². The van der Waals surface area contributed by atoms with E-state index in [9.17, 15) is 9.18 Å². The first-order chi connectivity index (χ1) is 11.6. The summed E-state index contributed by atoms with van der Waals surface area (Å²) in [7, 11) is 0. The molecule has 4 nitrogen and oxygen atoms in total. The smallest absolute Gasteiger partial charge is 0.226 e. The molecule has 0 saturated carbocycles. The molecule has 1 aliphatic rings. The minimum absolute atomic E-state index is 0.125. The summed E-state index contributed by atoms with van der Waals surface area (Å²) in [6.07, 6.45) is 1.98. The average molecular weight is 342 g/mol. The van der Waals surface area contributed by atoms with Gasteiger partial charge in [-0.3, -0.25) is 4.79 Å². The molecule has 0 aliphatic carbocycles. The van der Waals surface area contributed by atoms with Gasteiger partial charge in [0.05, 0.1) is 11.9 Å². The number of carbonyl (C=O) groups is 1. The number of halogens is 2. The fourth-order valence-electron chi connectivity index (χ4n) is 3.04. The number of benzene rings is 2. The fourth-order valence-corrected chi connectivity index (χ4v) is 3.23. The Labute approximate surface area is 142 Å². The van der Waals surface area contributed by atoms with Crippen LogP contribution in [0, 0.1) is 5.82 Å². The maximum Gasteiger partial charge on any atom is 0.226 e. The van der Waals surface area contributed by atoms with E-state index in [0.717, 1.165) is 16.8 Å². The zero-order chi connectivity index (χ0) is 16.7. The standard InChI is InChI=1S/C18H13ClFN3O/c19-12-4-2-6-14(8-12)23-18-16(10-21-23)15(9-17(24)22-18)11-3-1-5-13(20)7-11/h1-8,10,15H,9H2,(H,22,24)/t15-/m0/s1. The van der Waals surface area contributed by atoms with E-state index in [1.54, 1.807) is 29.1 Å². The lowest BCUT2D eigenvalue weighted by Gasteiger charge is -2.23. The van der Waals surface area contributed by atoms with Gasteiger partial charge >= 0.3 is 0 Å². The molecule has 3 aromatic rings. The highest BCUT2D eigenvalue weighted by Crippen LogP contribution is 2.38. The highest BCUT2D eigenvalue weighted by molar-refractivity contribution is 6.30. The average Bonchev–Trinajstić information content (AvgIpc) is 2.97. The molecule has 1 aliphatic heterocycles. The van der Waals surface area contributed by atoms with E-state index in [1.807, 2.05) is 18.2 Å². The molecule has 0 radical (unpaired) electrons. The predicted octanol–water partition coefficient (Wildman–Crippen LogP) is 4.14. The lowest BCUT2D eigenvalue weighted by Crippen LogP contribution is -2.24. The number of amides is 1. The van der Waals surface area contributed by atoms with Crippen molar-refractivity contribution in [1.82, 2.24) is 9.78 Å². The van der Waals surface area contributed by atoms with E-state index in [-0.39, 0.29) is 24.1 Å². The van der Waals surface area contributed by atoms with Crippen molar-refractivity contribution in [2.75, 3.05) is 5.32 Å². The van der Waals surface area contributed by atoms with Gasteiger partial charge in [0.25, 0.3) is 0 Å². The number of hydrogen-bond donors (Lipinski definition) is 1. The molecule has 6 heteroatoms. The topological polar surface area (TPSA) is 46.9 Å². The van der Waals surface area contributed by atoms with E-state index >= 15 is 0 Å². The zero-order valence-corrected chi connectivity index (χ0v) is 13.3. The Balaban J connectivity index is 1.83. The summed E-state index contributed by atoms with van der Waals surface area (Å²) < 4.78 is 15.2. The van der Waals surface area contributed by atoms with Crippen LogP contribution >= 0.6 is 11.6 Å². The summed E-state index contributed by atoms with van der Waals surface area (Å²) in [6, 6.07) is 13.6. The molecular formula is C18H13ClFN3O. The Morgan fingerprint density at radius 1 is 1.21 bits per heavy atom. The van der Waals surface area contributed by atoms with Crippen molar-refractivity contribution >= 4 is 23.3 Å². The molecule has 0 fully saturated rings. The highest BCUT2D eigenvalue weighted by atomic mass is 35.5. The van der Waals surface area contributed by atoms with Crippen LogP contribution in [-0.4, -0.2) is 15.7 Å². The van der Waals surface area contributed by atoms with Crippen LogP contribution in [0.2, 0.25) is 5.02 Å². The van der Waals surface area contributed by atoms with Crippen molar-refractivity contribution < 1.29 is 9.18 Å². The molecule has 1 N–H and O–H groups in total. The van der Waals surface area contributed by atoms with Gasteiger partial charge in [0.1, 0.15) is 11.6 Å². The third kappa shape index (κ3) is 2.57. The number of hydrogen-bond acceptors (Lipinski definition) is 2. The largest absolute Gasteiger partial charge is 0.310 e. The van der Waals surface area contributed by atoms with Gasteiger partial charge in [-0.1, -0.05) is 29.8 Å². The number of anilines is 1. The fraction of sp³-hybridized carbons (Fsp3) is 0.111. The summed E-state index contributed by atoms with van der Waals surface area (Å²) in [4.78, 5) is 12.2. The first-order valence-electron chi connectivity index (χ1n) is 7.51. The van der Waals surface area contributed by atoms with E-state index in [0.29, 0.717) is 10.8 Å². The van der Waals surface area contributed by atoms with Crippen molar-refractivity contribution in [1.29, 1.82) is 0 Å². The van der Waals surface area contributed by atoms with E-state index in [1.165, 1.54) is 12.1 Å². The van der Waals surface area contributed by atoms with Crippen LogP contribution < -0.4 is 5.32 Å². The normalized spacial score (nSPS) is 16.6. The van der Waals surface area contributed by atoms with Crippen LogP contribution in [0.1, 0.15) is 23.5 Å². The SMILES string of the molecule is O=C1C[C@@H](c2cccc(F)c2)c2cnn(-c3cccc(Cl)c3)c2N1. The summed E-state index contributed by atoms with van der Waals surface area (Å²) in [5.74, 6) is -0.0667. The van der Waals surface area contributed by atoms with Gasteiger partial charge in [0, 0.05) is 22.9 Å².